The van der Waals surface area contributed by atoms with Gasteiger partial charge in [0, 0.05) is 24.0 Å². The monoisotopic (exact) mass is 263 g/mol. The summed E-state index contributed by atoms with van der Waals surface area (Å²) in [6.45, 7) is 4.11. The Labute approximate surface area is 114 Å². The minimum absolute atomic E-state index is 0.0369. The molecule has 0 unspecified atom stereocenters. The maximum Gasteiger partial charge on any atom is 0.273 e. The van der Waals surface area contributed by atoms with Crippen molar-refractivity contribution in [3.63, 3.8) is 0 Å². The lowest BCUT2D eigenvalue weighted by atomic mass is 9.90. The lowest BCUT2D eigenvalue weighted by Gasteiger charge is -2.13. The molecule has 0 radical (unpaired) electrons. The molecule has 0 fully saturated rings. The number of para-hydroxylation sites is 1. The first-order valence-electron chi connectivity index (χ1n) is 6.85. The van der Waals surface area contributed by atoms with E-state index in [4.69, 9.17) is 0 Å². The molecule has 1 aromatic carbocycles. The van der Waals surface area contributed by atoms with Crippen molar-refractivity contribution in [2.24, 2.45) is 5.92 Å². The normalized spacial score (nSPS) is 10.7. The second kappa shape index (κ2) is 7.67. The Balaban J connectivity index is 2.83. The number of nitro groups is 1. The van der Waals surface area contributed by atoms with E-state index in [2.05, 4.69) is 13.8 Å². The van der Waals surface area contributed by atoms with Gasteiger partial charge in [0.1, 0.15) is 5.78 Å². The fraction of sp³-hybridized carbons (Fsp3) is 0.533. The second-order valence-electron chi connectivity index (χ2n) is 4.80. The Kier molecular flexibility index (Phi) is 6.19. The number of nitrogens with zero attached hydrogens (tertiary/aromatic N) is 1. The van der Waals surface area contributed by atoms with E-state index in [1.165, 1.54) is 6.07 Å². The van der Waals surface area contributed by atoms with Crippen molar-refractivity contribution in [2.75, 3.05) is 0 Å². The van der Waals surface area contributed by atoms with Gasteiger partial charge in [-0.25, -0.2) is 0 Å². The van der Waals surface area contributed by atoms with Crippen LogP contribution < -0.4 is 0 Å². The topological polar surface area (TPSA) is 60.2 Å². The first kappa shape index (κ1) is 15.3. The molecule has 0 spiro atoms. The van der Waals surface area contributed by atoms with Gasteiger partial charge in [0.2, 0.25) is 0 Å². The van der Waals surface area contributed by atoms with E-state index in [1.54, 1.807) is 18.2 Å². The van der Waals surface area contributed by atoms with Gasteiger partial charge in [-0.3, -0.25) is 14.9 Å². The van der Waals surface area contributed by atoms with E-state index in [-0.39, 0.29) is 23.8 Å². The molecular weight excluding hydrogens is 242 g/mol. The molecule has 0 heterocycles. The van der Waals surface area contributed by atoms with E-state index in [0.717, 1.165) is 25.7 Å². The van der Waals surface area contributed by atoms with E-state index >= 15 is 0 Å². The van der Waals surface area contributed by atoms with Gasteiger partial charge in [-0.05, 0) is 12.8 Å². The van der Waals surface area contributed by atoms with Crippen LogP contribution >= 0.6 is 0 Å². The molecule has 0 N–H and O–H groups in total. The average Bonchev–Trinajstić information content (AvgIpc) is 2.38. The van der Waals surface area contributed by atoms with Gasteiger partial charge in [0.15, 0.2) is 0 Å². The van der Waals surface area contributed by atoms with E-state index in [9.17, 15) is 14.9 Å². The zero-order chi connectivity index (χ0) is 14.3. The molecule has 4 nitrogen and oxygen atoms in total. The van der Waals surface area contributed by atoms with Crippen LogP contribution in [0.25, 0.3) is 0 Å². The number of hydrogen-bond donors (Lipinski definition) is 0. The molecule has 4 heteroatoms. The van der Waals surface area contributed by atoms with Gasteiger partial charge in [-0.1, -0.05) is 44.9 Å². The van der Waals surface area contributed by atoms with Crippen molar-refractivity contribution >= 4 is 11.5 Å². The highest BCUT2D eigenvalue weighted by molar-refractivity contribution is 5.84. The molecule has 104 valence electrons. The highest BCUT2D eigenvalue weighted by atomic mass is 16.6. The molecule has 0 aliphatic heterocycles. The summed E-state index contributed by atoms with van der Waals surface area (Å²) in [5.74, 6) is 0.160. The number of carbonyl (C=O) groups is 1. The first-order chi connectivity index (χ1) is 9.10. The zero-order valence-corrected chi connectivity index (χ0v) is 11.6. The van der Waals surface area contributed by atoms with Gasteiger partial charge < -0.3 is 0 Å². The maximum atomic E-state index is 12.2. The van der Waals surface area contributed by atoms with Crippen LogP contribution in [-0.2, 0) is 11.2 Å². The van der Waals surface area contributed by atoms with Crippen LogP contribution in [0.2, 0.25) is 0 Å². The van der Waals surface area contributed by atoms with Crippen molar-refractivity contribution < 1.29 is 9.72 Å². The summed E-state index contributed by atoms with van der Waals surface area (Å²) in [4.78, 5) is 22.7. The minimum atomic E-state index is -0.419. The van der Waals surface area contributed by atoms with Crippen LogP contribution in [0.4, 0.5) is 5.69 Å². The summed E-state index contributed by atoms with van der Waals surface area (Å²) in [6, 6.07) is 6.49. The van der Waals surface area contributed by atoms with Crippen LogP contribution in [-0.4, -0.2) is 10.7 Å². The average molecular weight is 263 g/mol. The number of rotatable bonds is 8. The van der Waals surface area contributed by atoms with Gasteiger partial charge >= 0.3 is 0 Å². The van der Waals surface area contributed by atoms with Gasteiger partial charge in [0.05, 0.1) is 4.92 Å². The molecule has 0 saturated carbocycles. The molecular formula is C15H21NO3. The summed E-state index contributed by atoms with van der Waals surface area (Å²) in [5.41, 5.74) is 0.567. The molecule has 0 atom stereocenters. The molecule has 1 rings (SSSR count). The SMILES string of the molecule is CCCC(CCC)C(=O)Cc1ccccc1[N+](=O)[O-]. The van der Waals surface area contributed by atoms with Crippen molar-refractivity contribution in [1.29, 1.82) is 0 Å². The Bertz CT molecular complexity index is 437. The van der Waals surface area contributed by atoms with E-state index in [0.29, 0.717) is 5.56 Å². The van der Waals surface area contributed by atoms with Crippen molar-refractivity contribution in [3.8, 4) is 0 Å². The summed E-state index contributed by atoms with van der Waals surface area (Å²) in [6.07, 6.45) is 3.84. The van der Waals surface area contributed by atoms with Crippen LogP contribution in [0.3, 0.4) is 0 Å². The molecule has 0 saturated heterocycles. The molecule has 0 bridgehead atoms. The fourth-order valence-corrected chi connectivity index (χ4v) is 2.33. The van der Waals surface area contributed by atoms with Gasteiger partial charge in [-0.15, -0.1) is 0 Å². The number of ketones is 1. The molecule has 19 heavy (non-hydrogen) atoms. The Morgan fingerprint density at radius 2 is 1.79 bits per heavy atom. The van der Waals surface area contributed by atoms with E-state index < -0.39 is 4.92 Å². The van der Waals surface area contributed by atoms with Crippen LogP contribution in [0.5, 0.6) is 0 Å². The lowest BCUT2D eigenvalue weighted by Crippen LogP contribution is -2.17. The quantitative estimate of drug-likeness (QED) is 0.527. The van der Waals surface area contributed by atoms with E-state index in [1.807, 2.05) is 0 Å². The highest BCUT2D eigenvalue weighted by Crippen LogP contribution is 2.22. The molecule has 0 amide bonds. The molecule has 1 aromatic rings. The third kappa shape index (κ3) is 4.47. The van der Waals surface area contributed by atoms with Crippen LogP contribution in [0.15, 0.2) is 24.3 Å². The molecule has 0 aromatic heterocycles. The standard InChI is InChI=1S/C15H21NO3/c1-3-7-12(8-4-2)15(17)11-13-9-5-6-10-14(13)16(18)19/h5-6,9-10,12H,3-4,7-8,11H2,1-2H3. The summed E-state index contributed by atoms with van der Waals surface area (Å²) in [7, 11) is 0. The predicted octanol–water partition coefficient (Wildman–Crippen LogP) is 3.92. The van der Waals surface area contributed by atoms with Crippen molar-refractivity contribution in [3.05, 3.63) is 39.9 Å². The third-order valence-electron chi connectivity index (χ3n) is 3.28. The van der Waals surface area contributed by atoms with Gasteiger partial charge in [0.25, 0.3) is 5.69 Å². The van der Waals surface area contributed by atoms with Crippen LogP contribution in [0, 0.1) is 16.0 Å². The highest BCUT2D eigenvalue weighted by Gasteiger charge is 2.21. The smallest absolute Gasteiger partial charge is 0.273 e. The number of carbonyl (C=O) groups excluding carboxylic acids is 1. The predicted molar refractivity (Wildman–Crippen MR) is 75.1 cm³/mol. The number of Topliss-reactive ketones (excluding diaryl/α,β-unsaturated/α-hetero) is 1. The molecule has 0 aliphatic rings. The summed E-state index contributed by atoms with van der Waals surface area (Å²) < 4.78 is 0. The largest absolute Gasteiger partial charge is 0.299 e. The van der Waals surface area contributed by atoms with Crippen LogP contribution in [0.1, 0.15) is 45.1 Å². The first-order valence-corrected chi connectivity index (χ1v) is 6.85. The Morgan fingerprint density at radius 3 is 2.32 bits per heavy atom. The Morgan fingerprint density at radius 1 is 1.21 bits per heavy atom. The minimum Gasteiger partial charge on any atom is -0.299 e. The number of benzene rings is 1. The Hall–Kier alpha value is -1.71. The van der Waals surface area contributed by atoms with Gasteiger partial charge in [-0.2, -0.15) is 0 Å². The van der Waals surface area contributed by atoms with Crippen molar-refractivity contribution in [2.45, 2.75) is 46.0 Å². The summed E-state index contributed by atoms with van der Waals surface area (Å²) in [5, 5.41) is 10.9. The number of nitro benzene ring substituents is 1. The molecule has 0 aliphatic carbocycles. The summed E-state index contributed by atoms with van der Waals surface area (Å²) >= 11 is 0. The zero-order valence-electron chi connectivity index (χ0n) is 11.6. The lowest BCUT2D eigenvalue weighted by molar-refractivity contribution is -0.385. The van der Waals surface area contributed by atoms with Crippen molar-refractivity contribution in [1.82, 2.24) is 0 Å². The fourth-order valence-electron chi connectivity index (χ4n) is 2.33. The number of hydrogen-bond acceptors (Lipinski definition) is 3. The second-order valence-corrected chi connectivity index (χ2v) is 4.80. The third-order valence-corrected chi connectivity index (χ3v) is 3.28. The maximum absolute atomic E-state index is 12.2.